The van der Waals surface area contributed by atoms with Gasteiger partial charge in [0, 0.05) is 15.9 Å². The third kappa shape index (κ3) is 4.29. The molecule has 1 aromatic heterocycles. The second-order valence-electron chi connectivity index (χ2n) is 8.40. The fourth-order valence-electron chi connectivity index (χ4n) is 3.80. The van der Waals surface area contributed by atoms with E-state index in [0.29, 0.717) is 10.4 Å². The minimum absolute atomic E-state index is 0.0514. The van der Waals surface area contributed by atoms with Crippen LogP contribution in [0.1, 0.15) is 32.8 Å². The molecule has 0 saturated carbocycles. The Hall–Kier alpha value is -3.07. The van der Waals surface area contributed by atoms with Gasteiger partial charge in [0.1, 0.15) is 0 Å². The number of hydrogen-bond donors (Lipinski definition) is 1. The van der Waals surface area contributed by atoms with E-state index in [2.05, 4.69) is 5.10 Å². The first kappa shape index (κ1) is 23.6. The molecule has 0 bridgehead atoms. The molecule has 0 aliphatic carbocycles. The molecule has 10 heteroatoms. The van der Waals surface area contributed by atoms with Crippen LogP contribution in [0.3, 0.4) is 0 Å². The van der Waals surface area contributed by atoms with Gasteiger partial charge in [0.2, 0.25) is 0 Å². The number of aldehydes is 1. The maximum atomic E-state index is 13.7. The van der Waals surface area contributed by atoms with Crippen molar-refractivity contribution >= 4 is 40.6 Å². The Kier molecular flexibility index (Phi) is 5.99. The van der Waals surface area contributed by atoms with E-state index in [4.69, 9.17) is 11.6 Å². The SMILES string of the molecule is CC(C)(C)N(C(=O)O)c1cccc2c1cnn2C(C=O)(CC(F)(F)F)c1ccc(Cl)cc1. The van der Waals surface area contributed by atoms with Crippen molar-refractivity contribution in [3.8, 4) is 0 Å². The van der Waals surface area contributed by atoms with Gasteiger partial charge < -0.3 is 9.90 Å². The molecule has 1 atom stereocenters. The van der Waals surface area contributed by atoms with Gasteiger partial charge in [-0.05, 0) is 50.6 Å². The van der Waals surface area contributed by atoms with Crippen LogP contribution >= 0.6 is 11.6 Å². The molecule has 3 rings (SSSR count). The van der Waals surface area contributed by atoms with E-state index < -0.39 is 29.8 Å². The average molecular weight is 468 g/mol. The smallest absolute Gasteiger partial charge is 0.412 e. The monoisotopic (exact) mass is 467 g/mol. The van der Waals surface area contributed by atoms with Crippen molar-refractivity contribution in [1.82, 2.24) is 9.78 Å². The molecule has 1 N–H and O–H groups in total. The van der Waals surface area contributed by atoms with Crippen LogP contribution in [0.2, 0.25) is 5.02 Å². The lowest BCUT2D eigenvalue weighted by molar-refractivity contribution is -0.156. The highest BCUT2D eigenvalue weighted by atomic mass is 35.5. The van der Waals surface area contributed by atoms with Crippen molar-refractivity contribution in [3.63, 3.8) is 0 Å². The summed E-state index contributed by atoms with van der Waals surface area (Å²) in [7, 11) is 0. The van der Waals surface area contributed by atoms with Crippen molar-refractivity contribution < 1.29 is 27.9 Å². The minimum atomic E-state index is -4.70. The third-order valence-electron chi connectivity index (χ3n) is 5.08. The van der Waals surface area contributed by atoms with Gasteiger partial charge in [0.15, 0.2) is 11.8 Å². The summed E-state index contributed by atoms with van der Waals surface area (Å²) in [6, 6.07) is 10.0. The summed E-state index contributed by atoms with van der Waals surface area (Å²) in [5, 5.41) is 14.5. The van der Waals surface area contributed by atoms with Gasteiger partial charge in [-0.15, -0.1) is 0 Å². The van der Waals surface area contributed by atoms with E-state index >= 15 is 0 Å². The Morgan fingerprint density at radius 2 is 1.78 bits per heavy atom. The molecule has 0 aliphatic heterocycles. The molecule has 170 valence electrons. The van der Waals surface area contributed by atoms with Crippen LogP contribution in [0, 0.1) is 0 Å². The molecule has 1 heterocycles. The lowest BCUT2D eigenvalue weighted by Crippen LogP contribution is -2.45. The standard InChI is InChI=1S/C22H21ClF3N3O3/c1-20(2,3)28(19(31)32)17-5-4-6-18-16(17)11-27-29(18)21(13-30,12-22(24,25)26)14-7-9-15(23)10-8-14/h4-11,13H,12H2,1-3H3,(H,31,32). The van der Waals surface area contributed by atoms with Crippen LogP contribution in [-0.4, -0.2) is 39.0 Å². The van der Waals surface area contributed by atoms with Crippen LogP contribution < -0.4 is 4.90 Å². The number of carbonyl (C=O) groups is 2. The van der Waals surface area contributed by atoms with Gasteiger partial charge in [-0.1, -0.05) is 29.8 Å². The number of rotatable bonds is 5. The maximum Gasteiger partial charge on any atom is 0.412 e. The van der Waals surface area contributed by atoms with Crippen molar-refractivity contribution in [3.05, 3.63) is 59.2 Å². The summed E-state index contributed by atoms with van der Waals surface area (Å²) >= 11 is 5.89. The van der Waals surface area contributed by atoms with Gasteiger partial charge in [-0.2, -0.15) is 18.3 Å². The highest BCUT2D eigenvalue weighted by Gasteiger charge is 2.47. The van der Waals surface area contributed by atoms with Crippen molar-refractivity contribution in [2.24, 2.45) is 0 Å². The zero-order chi connectivity index (χ0) is 23.9. The summed E-state index contributed by atoms with van der Waals surface area (Å²) in [5.41, 5.74) is -2.57. The van der Waals surface area contributed by atoms with E-state index in [9.17, 15) is 27.9 Å². The first-order valence-electron chi connectivity index (χ1n) is 9.60. The molecule has 32 heavy (non-hydrogen) atoms. The molecular weight excluding hydrogens is 447 g/mol. The molecule has 2 aromatic carbocycles. The quantitative estimate of drug-likeness (QED) is 0.476. The predicted molar refractivity (Wildman–Crippen MR) is 115 cm³/mol. The highest BCUT2D eigenvalue weighted by molar-refractivity contribution is 6.30. The summed E-state index contributed by atoms with van der Waals surface area (Å²) in [6.07, 6.45) is -5.95. The lowest BCUT2D eigenvalue weighted by atomic mass is 9.87. The van der Waals surface area contributed by atoms with Crippen LogP contribution in [-0.2, 0) is 10.3 Å². The number of benzene rings is 2. The molecule has 6 nitrogen and oxygen atoms in total. The topological polar surface area (TPSA) is 75.4 Å². The summed E-state index contributed by atoms with van der Waals surface area (Å²) in [5.74, 6) is 0. The number of anilines is 1. The summed E-state index contributed by atoms with van der Waals surface area (Å²) in [4.78, 5) is 25.4. The number of carboxylic acid groups (broad SMARTS) is 1. The normalized spacial score (nSPS) is 14.2. The zero-order valence-corrected chi connectivity index (χ0v) is 18.3. The number of fused-ring (bicyclic) bond motifs is 1. The number of alkyl halides is 3. The van der Waals surface area contributed by atoms with Crippen molar-refractivity contribution in [2.45, 2.75) is 44.4 Å². The number of aromatic nitrogens is 2. The van der Waals surface area contributed by atoms with E-state index in [1.165, 1.54) is 42.6 Å². The fourth-order valence-corrected chi connectivity index (χ4v) is 3.93. The number of carbonyl (C=O) groups excluding carboxylic acids is 1. The Labute approximate surface area is 187 Å². The van der Waals surface area contributed by atoms with Crippen LogP contribution in [0.25, 0.3) is 10.9 Å². The molecule has 0 fully saturated rings. The maximum absolute atomic E-state index is 13.7. The Balaban J connectivity index is 2.33. The van der Waals surface area contributed by atoms with Crippen LogP contribution in [0.4, 0.5) is 23.7 Å². The molecule has 0 aliphatic rings. The second kappa shape index (κ2) is 8.12. The molecule has 1 unspecified atom stereocenters. The minimum Gasteiger partial charge on any atom is -0.465 e. The molecule has 0 radical (unpaired) electrons. The third-order valence-corrected chi connectivity index (χ3v) is 5.33. The van der Waals surface area contributed by atoms with Gasteiger partial charge in [-0.3, -0.25) is 4.90 Å². The summed E-state index contributed by atoms with van der Waals surface area (Å²) in [6.45, 7) is 5.08. The van der Waals surface area contributed by atoms with Crippen LogP contribution in [0.15, 0.2) is 48.7 Å². The Bertz CT molecular complexity index is 1150. The second-order valence-corrected chi connectivity index (χ2v) is 8.83. The molecular formula is C22H21ClF3N3O3. The summed E-state index contributed by atoms with van der Waals surface area (Å²) < 4.78 is 42.0. The first-order chi connectivity index (χ1) is 14.8. The Morgan fingerprint density at radius 1 is 1.16 bits per heavy atom. The fraction of sp³-hybridized carbons (Fsp3) is 0.318. The lowest BCUT2D eigenvalue weighted by Gasteiger charge is -2.34. The van der Waals surface area contributed by atoms with Crippen molar-refractivity contribution in [1.29, 1.82) is 0 Å². The van der Waals surface area contributed by atoms with Crippen molar-refractivity contribution in [2.75, 3.05) is 4.90 Å². The van der Waals surface area contributed by atoms with Gasteiger partial charge >= 0.3 is 12.3 Å². The zero-order valence-electron chi connectivity index (χ0n) is 17.5. The van der Waals surface area contributed by atoms with Crippen LogP contribution in [0.5, 0.6) is 0 Å². The number of halogens is 4. The average Bonchev–Trinajstić information content (AvgIpc) is 3.10. The van der Waals surface area contributed by atoms with E-state index in [1.807, 2.05) is 0 Å². The van der Waals surface area contributed by atoms with Gasteiger partial charge in [-0.25, -0.2) is 9.48 Å². The van der Waals surface area contributed by atoms with E-state index in [1.54, 1.807) is 26.8 Å². The molecule has 1 amide bonds. The molecule has 0 saturated heterocycles. The van der Waals surface area contributed by atoms with Gasteiger partial charge in [0.25, 0.3) is 0 Å². The van der Waals surface area contributed by atoms with E-state index in [0.717, 1.165) is 9.58 Å². The number of amides is 1. The predicted octanol–water partition coefficient (Wildman–Crippen LogP) is 5.87. The highest BCUT2D eigenvalue weighted by Crippen LogP contribution is 2.40. The Morgan fingerprint density at radius 3 is 2.28 bits per heavy atom. The molecule has 3 aromatic rings. The number of nitrogens with zero attached hydrogens (tertiary/aromatic N) is 3. The number of hydrogen-bond acceptors (Lipinski definition) is 3. The largest absolute Gasteiger partial charge is 0.465 e. The van der Waals surface area contributed by atoms with E-state index in [-0.39, 0.29) is 23.1 Å². The molecule has 0 spiro atoms. The first-order valence-corrected chi connectivity index (χ1v) is 9.97. The van der Waals surface area contributed by atoms with Gasteiger partial charge in [0.05, 0.1) is 23.8 Å².